The fraction of sp³-hybridized carbons (Fsp3) is 0.857. The lowest BCUT2D eigenvalue weighted by Gasteiger charge is -2.37. The summed E-state index contributed by atoms with van der Waals surface area (Å²) in [5.41, 5.74) is 1.85. The van der Waals surface area contributed by atoms with Crippen molar-refractivity contribution in [2.75, 3.05) is 11.5 Å². The predicted molar refractivity (Wildman–Crippen MR) is 75.9 cm³/mol. The largest absolute Gasteiger partial charge is 0.119 e. The lowest BCUT2D eigenvalue weighted by atomic mass is 9.70. The van der Waals surface area contributed by atoms with E-state index in [1.807, 2.05) is 5.57 Å². The van der Waals surface area contributed by atoms with Crippen LogP contribution in [0.15, 0.2) is 9.81 Å². The highest BCUT2D eigenvalue weighted by atomic mass is 32.2. The molecule has 2 aliphatic carbocycles. The van der Waals surface area contributed by atoms with Crippen LogP contribution in [0.1, 0.15) is 51.4 Å². The highest BCUT2D eigenvalue weighted by molar-refractivity contribution is 8.22. The van der Waals surface area contributed by atoms with Crippen LogP contribution in [-0.2, 0) is 0 Å². The summed E-state index contributed by atoms with van der Waals surface area (Å²) in [6.45, 7) is 0. The van der Waals surface area contributed by atoms with Gasteiger partial charge in [-0.15, -0.1) is 23.5 Å². The van der Waals surface area contributed by atoms with Gasteiger partial charge in [-0.05, 0) is 61.0 Å². The van der Waals surface area contributed by atoms with E-state index in [1.165, 1.54) is 62.9 Å². The zero-order valence-electron chi connectivity index (χ0n) is 10.0. The first-order chi connectivity index (χ1) is 7.93. The van der Waals surface area contributed by atoms with E-state index in [1.54, 1.807) is 4.24 Å². The number of hydrogen-bond donors (Lipinski definition) is 0. The second kappa shape index (κ2) is 5.39. The van der Waals surface area contributed by atoms with Crippen molar-refractivity contribution in [3.8, 4) is 0 Å². The molecule has 1 aliphatic heterocycles. The first kappa shape index (κ1) is 11.5. The van der Waals surface area contributed by atoms with Gasteiger partial charge in [0.05, 0.1) is 0 Å². The Kier molecular flexibility index (Phi) is 3.88. The third kappa shape index (κ3) is 2.48. The average Bonchev–Trinajstić information content (AvgIpc) is 2.39. The molecule has 0 radical (unpaired) electrons. The SMILES string of the molecule is C1CSC(=C2CCC3CCCCC3C2)SC1. The molecule has 3 rings (SSSR count). The van der Waals surface area contributed by atoms with E-state index in [0.29, 0.717) is 0 Å². The molecule has 0 aromatic carbocycles. The smallest absolute Gasteiger partial charge is 0.0393 e. The average molecular weight is 254 g/mol. The molecule has 1 saturated heterocycles. The first-order valence-electron chi connectivity index (χ1n) is 6.91. The lowest BCUT2D eigenvalue weighted by Crippen LogP contribution is -2.24. The van der Waals surface area contributed by atoms with Crippen molar-refractivity contribution in [3.05, 3.63) is 9.81 Å². The van der Waals surface area contributed by atoms with Crippen LogP contribution in [0.25, 0.3) is 0 Å². The van der Waals surface area contributed by atoms with Crippen LogP contribution in [0.2, 0.25) is 0 Å². The van der Waals surface area contributed by atoms with E-state index in [4.69, 9.17) is 0 Å². The topological polar surface area (TPSA) is 0 Å². The molecular formula is C14H22S2. The van der Waals surface area contributed by atoms with E-state index in [0.717, 1.165) is 11.8 Å². The van der Waals surface area contributed by atoms with Crippen LogP contribution in [0.4, 0.5) is 0 Å². The Morgan fingerprint density at radius 1 is 0.812 bits per heavy atom. The molecule has 2 saturated carbocycles. The summed E-state index contributed by atoms with van der Waals surface area (Å²) in [5.74, 6) is 4.91. The zero-order chi connectivity index (χ0) is 10.8. The second-order valence-corrected chi connectivity index (χ2v) is 7.96. The number of thioether (sulfide) groups is 2. The molecule has 16 heavy (non-hydrogen) atoms. The molecule has 3 aliphatic rings. The number of rotatable bonds is 0. The molecule has 0 spiro atoms. The van der Waals surface area contributed by atoms with Crippen molar-refractivity contribution in [1.29, 1.82) is 0 Å². The van der Waals surface area contributed by atoms with Gasteiger partial charge in [-0.3, -0.25) is 0 Å². The Morgan fingerprint density at radius 2 is 1.56 bits per heavy atom. The van der Waals surface area contributed by atoms with Crippen LogP contribution in [0.3, 0.4) is 0 Å². The van der Waals surface area contributed by atoms with Crippen LogP contribution >= 0.6 is 23.5 Å². The van der Waals surface area contributed by atoms with Gasteiger partial charge in [-0.1, -0.05) is 19.3 Å². The molecule has 2 atom stereocenters. The second-order valence-electron chi connectivity index (χ2n) is 5.49. The van der Waals surface area contributed by atoms with E-state index < -0.39 is 0 Å². The van der Waals surface area contributed by atoms with Gasteiger partial charge in [0.2, 0.25) is 0 Å². The van der Waals surface area contributed by atoms with Gasteiger partial charge >= 0.3 is 0 Å². The maximum Gasteiger partial charge on any atom is 0.0393 e. The Morgan fingerprint density at radius 3 is 2.38 bits per heavy atom. The summed E-state index contributed by atoms with van der Waals surface area (Å²) in [4.78, 5) is 0. The molecule has 1 heterocycles. The van der Waals surface area contributed by atoms with Gasteiger partial charge in [-0.2, -0.15) is 0 Å². The first-order valence-corrected chi connectivity index (χ1v) is 8.88. The Labute approximate surface area is 108 Å². The summed E-state index contributed by atoms with van der Waals surface area (Å²) in [5, 5.41) is 0. The Bertz CT molecular complexity index is 274. The minimum Gasteiger partial charge on any atom is -0.119 e. The molecule has 2 heteroatoms. The Hall–Kier alpha value is 0.440. The zero-order valence-corrected chi connectivity index (χ0v) is 11.7. The minimum atomic E-state index is 1.06. The molecule has 0 nitrogen and oxygen atoms in total. The maximum atomic E-state index is 2.15. The van der Waals surface area contributed by atoms with Crippen LogP contribution in [0.5, 0.6) is 0 Å². The van der Waals surface area contributed by atoms with Crippen molar-refractivity contribution < 1.29 is 0 Å². The van der Waals surface area contributed by atoms with Crippen molar-refractivity contribution in [1.82, 2.24) is 0 Å². The van der Waals surface area contributed by atoms with E-state index >= 15 is 0 Å². The van der Waals surface area contributed by atoms with Crippen molar-refractivity contribution in [2.24, 2.45) is 11.8 Å². The summed E-state index contributed by atoms with van der Waals surface area (Å²) in [6, 6.07) is 0. The maximum absolute atomic E-state index is 2.15. The van der Waals surface area contributed by atoms with E-state index in [-0.39, 0.29) is 0 Å². The monoisotopic (exact) mass is 254 g/mol. The van der Waals surface area contributed by atoms with Crippen LogP contribution in [0, 0.1) is 11.8 Å². The molecule has 2 unspecified atom stereocenters. The molecule has 0 amide bonds. The van der Waals surface area contributed by atoms with Gasteiger partial charge in [-0.25, -0.2) is 0 Å². The van der Waals surface area contributed by atoms with Gasteiger partial charge in [0, 0.05) is 4.24 Å². The third-order valence-electron chi connectivity index (χ3n) is 4.44. The summed E-state index contributed by atoms with van der Waals surface area (Å²) >= 11 is 4.30. The highest BCUT2D eigenvalue weighted by Crippen LogP contribution is 2.47. The molecule has 0 aromatic rings. The molecule has 0 aromatic heterocycles. The minimum absolute atomic E-state index is 1.06. The summed E-state index contributed by atoms with van der Waals surface area (Å²) in [7, 11) is 0. The quantitative estimate of drug-likeness (QED) is 0.593. The number of allylic oxidation sites excluding steroid dienone is 1. The fourth-order valence-electron chi connectivity index (χ4n) is 3.53. The standard InChI is InChI=1S/C14H22S2/c1-2-5-12-10-13(7-6-11(12)4-1)14-15-8-3-9-16-14/h11-12H,1-10H2. The van der Waals surface area contributed by atoms with Crippen molar-refractivity contribution >= 4 is 23.5 Å². The van der Waals surface area contributed by atoms with Crippen LogP contribution in [-0.4, -0.2) is 11.5 Å². The third-order valence-corrected chi connectivity index (χ3v) is 7.23. The molecule has 90 valence electrons. The molecular weight excluding hydrogens is 232 g/mol. The lowest BCUT2D eigenvalue weighted by molar-refractivity contribution is 0.199. The summed E-state index contributed by atoms with van der Waals surface area (Å²) < 4.78 is 1.73. The van der Waals surface area contributed by atoms with Gasteiger partial charge in [0.25, 0.3) is 0 Å². The Balaban J connectivity index is 1.69. The molecule has 0 N–H and O–H groups in total. The van der Waals surface area contributed by atoms with Gasteiger partial charge in [0.15, 0.2) is 0 Å². The van der Waals surface area contributed by atoms with Crippen molar-refractivity contribution in [2.45, 2.75) is 51.4 Å². The summed E-state index contributed by atoms with van der Waals surface area (Å²) in [6.07, 6.45) is 11.9. The normalized spacial score (nSPS) is 36.0. The van der Waals surface area contributed by atoms with Gasteiger partial charge < -0.3 is 0 Å². The van der Waals surface area contributed by atoms with E-state index in [9.17, 15) is 0 Å². The molecule has 3 fully saturated rings. The van der Waals surface area contributed by atoms with Crippen molar-refractivity contribution in [3.63, 3.8) is 0 Å². The van der Waals surface area contributed by atoms with Crippen LogP contribution < -0.4 is 0 Å². The fourth-order valence-corrected chi connectivity index (χ4v) is 6.27. The highest BCUT2D eigenvalue weighted by Gasteiger charge is 2.30. The number of fused-ring (bicyclic) bond motifs is 1. The number of hydrogen-bond acceptors (Lipinski definition) is 2. The predicted octanol–water partition coefficient (Wildman–Crippen LogP) is 5.06. The molecule has 0 bridgehead atoms. The van der Waals surface area contributed by atoms with E-state index in [2.05, 4.69) is 23.5 Å². The van der Waals surface area contributed by atoms with Gasteiger partial charge in [0.1, 0.15) is 0 Å².